The summed E-state index contributed by atoms with van der Waals surface area (Å²) in [5.74, 6) is -0.408. The number of esters is 1. The van der Waals surface area contributed by atoms with Crippen molar-refractivity contribution in [2.45, 2.75) is 30.9 Å². The highest BCUT2D eigenvalue weighted by molar-refractivity contribution is 7.99. The van der Waals surface area contributed by atoms with E-state index in [1.54, 1.807) is 43.0 Å². The van der Waals surface area contributed by atoms with Gasteiger partial charge in [-0.25, -0.2) is 9.59 Å². The third-order valence-corrected chi connectivity index (χ3v) is 5.43. The Morgan fingerprint density at radius 2 is 2.08 bits per heavy atom. The van der Waals surface area contributed by atoms with Gasteiger partial charge >= 0.3 is 11.7 Å². The van der Waals surface area contributed by atoms with Crippen LogP contribution in [-0.2, 0) is 9.47 Å². The highest BCUT2D eigenvalue weighted by Gasteiger charge is 2.37. The Morgan fingerprint density at radius 1 is 1.35 bits per heavy atom. The fourth-order valence-corrected chi connectivity index (χ4v) is 3.69. The zero-order valence-electron chi connectivity index (χ0n) is 14.5. The standard InChI is InChI=1S/C18H20N2O5S/c1-11-9-20(18(23)19-16(11)21)15-8-14(26-2)13(25-15)10-24-17(22)12-6-4-3-5-7-12/h3-7,9,13-15H,8,10H2,1-2H3,(H,19,21,23)/t13-,14+,15-/m1/s1. The van der Waals surface area contributed by atoms with E-state index in [1.807, 2.05) is 12.3 Å². The van der Waals surface area contributed by atoms with Crippen LogP contribution in [0.1, 0.15) is 28.6 Å². The first-order valence-electron chi connectivity index (χ1n) is 8.22. The van der Waals surface area contributed by atoms with E-state index in [9.17, 15) is 14.4 Å². The maximum absolute atomic E-state index is 12.1. The summed E-state index contributed by atoms with van der Waals surface area (Å²) in [5.41, 5.74) is 0.00877. The minimum atomic E-state index is -0.507. The third kappa shape index (κ3) is 3.91. The molecule has 8 heteroatoms. The Hall–Kier alpha value is -2.32. The average Bonchev–Trinajstić information content (AvgIpc) is 3.06. The Morgan fingerprint density at radius 3 is 2.77 bits per heavy atom. The van der Waals surface area contributed by atoms with Crippen LogP contribution >= 0.6 is 11.8 Å². The molecule has 1 fully saturated rings. The lowest BCUT2D eigenvalue weighted by atomic mass is 10.2. The first-order valence-corrected chi connectivity index (χ1v) is 9.51. The lowest BCUT2D eigenvalue weighted by Crippen LogP contribution is -2.33. The maximum atomic E-state index is 12.1. The number of ether oxygens (including phenoxy) is 2. The van der Waals surface area contributed by atoms with Crippen LogP contribution in [0.15, 0.2) is 46.1 Å². The van der Waals surface area contributed by atoms with E-state index in [0.29, 0.717) is 17.5 Å². The summed E-state index contributed by atoms with van der Waals surface area (Å²) in [5, 5.41) is 0.0720. The van der Waals surface area contributed by atoms with Gasteiger partial charge in [-0.2, -0.15) is 11.8 Å². The molecule has 0 aliphatic carbocycles. The monoisotopic (exact) mass is 376 g/mol. The number of aromatic amines is 1. The van der Waals surface area contributed by atoms with Crippen LogP contribution in [0.2, 0.25) is 0 Å². The number of rotatable bonds is 5. The number of aromatic nitrogens is 2. The van der Waals surface area contributed by atoms with E-state index in [2.05, 4.69) is 4.98 Å². The molecule has 1 aliphatic heterocycles. The first kappa shape index (κ1) is 18.5. The summed E-state index contributed by atoms with van der Waals surface area (Å²) >= 11 is 1.60. The smallest absolute Gasteiger partial charge is 0.338 e. The van der Waals surface area contributed by atoms with Gasteiger partial charge in [0.2, 0.25) is 0 Å². The van der Waals surface area contributed by atoms with Crippen molar-refractivity contribution in [2.24, 2.45) is 0 Å². The van der Waals surface area contributed by atoms with E-state index in [-0.39, 0.29) is 18.0 Å². The molecule has 7 nitrogen and oxygen atoms in total. The molecule has 0 amide bonds. The highest BCUT2D eigenvalue weighted by Crippen LogP contribution is 2.34. The van der Waals surface area contributed by atoms with Crippen LogP contribution in [0.4, 0.5) is 0 Å². The summed E-state index contributed by atoms with van der Waals surface area (Å²) in [6.45, 7) is 1.74. The Kier molecular flexibility index (Phi) is 5.63. The molecular weight excluding hydrogens is 356 g/mol. The topological polar surface area (TPSA) is 90.4 Å². The maximum Gasteiger partial charge on any atom is 0.338 e. The number of thioether (sulfide) groups is 1. The minimum absolute atomic E-state index is 0.0720. The van der Waals surface area contributed by atoms with Gasteiger partial charge < -0.3 is 9.47 Å². The van der Waals surface area contributed by atoms with Gasteiger partial charge in [0.25, 0.3) is 5.56 Å². The van der Waals surface area contributed by atoms with Crippen molar-refractivity contribution >= 4 is 17.7 Å². The predicted molar refractivity (Wildman–Crippen MR) is 98.6 cm³/mol. The Bertz CT molecular complexity index is 892. The molecule has 138 valence electrons. The first-order chi connectivity index (χ1) is 12.5. The van der Waals surface area contributed by atoms with Gasteiger partial charge in [-0.15, -0.1) is 0 Å². The molecule has 1 saturated heterocycles. The molecule has 1 aliphatic rings. The van der Waals surface area contributed by atoms with Crippen LogP contribution in [0.25, 0.3) is 0 Å². The van der Waals surface area contributed by atoms with Gasteiger partial charge in [0.15, 0.2) is 0 Å². The van der Waals surface area contributed by atoms with Crippen LogP contribution in [0.3, 0.4) is 0 Å². The highest BCUT2D eigenvalue weighted by atomic mass is 32.2. The molecule has 0 saturated carbocycles. The number of nitrogens with one attached hydrogen (secondary N) is 1. The lowest BCUT2D eigenvalue weighted by molar-refractivity contribution is -0.0332. The zero-order valence-corrected chi connectivity index (χ0v) is 15.3. The lowest BCUT2D eigenvalue weighted by Gasteiger charge is -2.17. The number of H-pyrrole nitrogens is 1. The minimum Gasteiger partial charge on any atom is -0.459 e. The molecule has 1 N–H and O–H groups in total. The molecule has 2 aromatic rings. The van der Waals surface area contributed by atoms with Crippen LogP contribution in [0.5, 0.6) is 0 Å². The number of hydrogen-bond acceptors (Lipinski definition) is 6. The Balaban J connectivity index is 1.70. The van der Waals surface area contributed by atoms with Gasteiger partial charge in [-0.3, -0.25) is 14.3 Å². The summed E-state index contributed by atoms with van der Waals surface area (Å²) in [6, 6.07) is 8.75. The third-order valence-electron chi connectivity index (χ3n) is 4.33. The summed E-state index contributed by atoms with van der Waals surface area (Å²) in [6.07, 6.45) is 3.20. The van der Waals surface area contributed by atoms with Crippen LogP contribution in [0, 0.1) is 6.92 Å². The molecule has 0 spiro atoms. The summed E-state index contributed by atoms with van der Waals surface area (Å²) in [4.78, 5) is 38.0. The number of aryl methyl sites for hydroxylation is 1. The molecule has 1 aromatic heterocycles. The fraction of sp³-hybridized carbons (Fsp3) is 0.389. The zero-order chi connectivity index (χ0) is 18.7. The van der Waals surface area contributed by atoms with Crippen molar-refractivity contribution in [3.8, 4) is 0 Å². The quantitative estimate of drug-likeness (QED) is 0.799. The van der Waals surface area contributed by atoms with E-state index >= 15 is 0 Å². The molecule has 3 atom stereocenters. The van der Waals surface area contributed by atoms with Gasteiger partial charge in [-0.05, 0) is 25.3 Å². The molecule has 2 heterocycles. The number of benzene rings is 1. The fourth-order valence-electron chi connectivity index (χ4n) is 2.88. The van der Waals surface area contributed by atoms with E-state index < -0.39 is 23.4 Å². The molecule has 0 bridgehead atoms. The van der Waals surface area contributed by atoms with Crippen LogP contribution in [-0.4, -0.2) is 39.7 Å². The van der Waals surface area contributed by atoms with Crippen LogP contribution < -0.4 is 11.2 Å². The van der Waals surface area contributed by atoms with Gasteiger partial charge in [-0.1, -0.05) is 18.2 Å². The summed E-state index contributed by atoms with van der Waals surface area (Å²) < 4.78 is 12.7. The molecular formula is C18H20N2O5S. The van der Waals surface area contributed by atoms with Gasteiger partial charge in [0.05, 0.1) is 5.56 Å². The average molecular weight is 376 g/mol. The van der Waals surface area contributed by atoms with Crippen molar-refractivity contribution in [2.75, 3.05) is 12.9 Å². The predicted octanol–water partition coefficient (Wildman–Crippen LogP) is 1.72. The van der Waals surface area contributed by atoms with Crippen molar-refractivity contribution in [1.29, 1.82) is 0 Å². The molecule has 0 radical (unpaired) electrons. The van der Waals surface area contributed by atoms with Crippen molar-refractivity contribution in [1.82, 2.24) is 9.55 Å². The van der Waals surface area contributed by atoms with E-state index in [4.69, 9.17) is 9.47 Å². The molecule has 3 rings (SSSR count). The van der Waals surface area contributed by atoms with Crippen molar-refractivity contribution in [3.05, 3.63) is 68.5 Å². The largest absolute Gasteiger partial charge is 0.459 e. The number of carbonyl (C=O) groups excluding carboxylic acids is 1. The SMILES string of the molecule is CS[C@H]1C[C@H](n2cc(C)c(=O)[nH]c2=O)O[C@@H]1COC(=O)c1ccccc1. The molecule has 26 heavy (non-hydrogen) atoms. The summed E-state index contributed by atoms with van der Waals surface area (Å²) in [7, 11) is 0. The van der Waals surface area contributed by atoms with E-state index in [1.165, 1.54) is 10.8 Å². The van der Waals surface area contributed by atoms with Gasteiger partial charge in [0.1, 0.15) is 18.9 Å². The normalized spacial score (nSPS) is 22.3. The second kappa shape index (κ2) is 7.92. The van der Waals surface area contributed by atoms with Crippen molar-refractivity contribution < 1.29 is 14.3 Å². The van der Waals surface area contributed by atoms with Crippen molar-refractivity contribution in [3.63, 3.8) is 0 Å². The second-order valence-corrected chi connectivity index (χ2v) is 7.16. The van der Waals surface area contributed by atoms with E-state index in [0.717, 1.165) is 0 Å². The number of hydrogen-bond donors (Lipinski definition) is 1. The second-order valence-electron chi connectivity index (χ2n) is 6.08. The molecule has 0 unspecified atom stereocenters. The molecule has 1 aromatic carbocycles. The Labute approximate surface area is 154 Å². The number of carbonyl (C=O) groups is 1. The van der Waals surface area contributed by atoms with Gasteiger partial charge in [0, 0.05) is 23.4 Å². The number of nitrogens with zero attached hydrogens (tertiary/aromatic N) is 1.